The Morgan fingerprint density at radius 3 is 2.00 bits per heavy atom. The van der Waals surface area contributed by atoms with Crippen LogP contribution in [0.25, 0.3) is 0 Å². The fourth-order valence-electron chi connectivity index (χ4n) is 2.73. The van der Waals surface area contributed by atoms with Crippen molar-refractivity contribution < 1.29 is 4.70 Å². The van der Waals surface area contributed by atoms with Crippen LogP contribution in [0.3, 0.4) is 0 Å². The molecule has 1 aliphatic carbocycles. The predicted octanol–water partition coefficient (Wildman–Crippen LogP) is 2.11. The molecule has 0 amide bonds. The third kappa shape index (κ3) is 2.91. The van der Waals surface area contributed by atoms with Gasteiger partial charge in [0.05, 0.1) is 0 Å². The quantitative estimate of drug-likeness (QED) is 0.713. The average molecular weight is 216 g/mol. The summed E-state index contributed by atoms with van der Waals surface area (Å²) in [5, 5.41) is 0. The van der Waals surface area contributed by atoms with E-state index in [1.807, 2.05) is 0 Å². The smallest absolute Gasteiger partial charge is 0.0119 e. The molecule has 0 aromatic heterocycles. The summed E-state index contributed by atoms with van der Waals surface area (Å²) >= 11 is 0. The van der Waals surface area contributed by atoms with Gasteiger partial charge in [0.2, 0.25) is 0 Å². The number of rotatable bonds is 3. The molecule has 2 rings (SSSR count). The zero-order chi connectivity index (χ0) is 9.97. The van der Waals surface area contributed by atoms with Gasteiger partial charge in [0.25, 0.3) is 0 Å². The van der Waals surface area contributed by atoms with E-state index in [-0.39, 0.29) is 4.70 Å². The van der Waals surface area contributed by atoms with Gasteiger partial charge in [-0.2, -0.15) is 0 Å². The lowest BCUT2D eigenvalue weighted by atomic mass is 9.89. The molecule has 2 nitrogen and oxygen atoms in total. The van der Waals surface area contributed by atoms with Crippen LogP contribution in [0.15, 0.2) is 0 Å². The van der Waals surface area contributed by atoms with Gasteiger partial charge < -0.3 is 9.80 Å². The normalized spacial score (nSPS) is 25.0. The zero-order valence-corrected chi connectivity index (χ0v) is 10.1. The summed E-state index contributed by atoms with van der Waals surface area (Å²) in [5.41, 5.74) is 0. The Labute approximate surface area is 93.0 Å². The van der Waals surface area contributed by atoms with Gasteiger partial charge in [-0.3, -0.25) is 4.70 Å². The van der Waals surface area contributed by atoms with Gasteiger partial charge in [0, 0.05) is 12.1 Å². The van der Waals surface area contributed by atoms with Crippen molar-refractivity contribution >= 4 is 0 Å². The fraction of sp³-hybridized carbons (Fsp3) is 1.00. The largest absolute Gasteiger partial charge is 0.303 e. The van der Waals surface area contributed by atoms with Crippen LogP contribution in [0.4, 0.5) is 4.70 Å². The van der Waals surface area contributed by atoms with E-state index in [2.05, 4.69) is 23.8 Å². The molecule has 3 heteroatoms. The maximum atomic E-state index is 2.66. The molecule has 0 aromatic rings. The first kappa shape index (κ1) is 12.9. The van der Waals surface area contributed by atoms with Crippen LogP contribution >= 0.6 is 0 Å². The highest BCUT2D eigenvalue weighted by Gasteiger charge is 2.29. The van der Waals surface area contributed by atoms with Gasteiger partial charge >= 0.3 is 0 Å². The molecule has 90 valence electrons. The van der Waals surface area contributed by atoms with E-state index in [9.17, 15) is 0 Å². The number of hydrogen-bond donors (Lipinski definition) is 0. The summed E-state index contributed by atoms with van der Waals surface area (Å²) in [6, 6.07) is 1.80. The van der Waals surface area contributed by atoms with Gasteiger partial charge in [-0.1, -0.05) is 13.3 Å². The number of halogens is 1. The highest BCUT2D eigenvalue weighted by molar-refractivity contribution is 4.85. The van der Waals surface area contributed by atoms with Crippen LogP contribution in [0, 0.1) is 0 Å². The number of likely N-dealkylation sites (tertiary alicyclic amines) is 1. The Kier molecular flexibility index (Phi) is 5.00. The molecule has 0 spiro atoms. The van der Waals surface area contributed by atoms with E-state index in [4.69, 9.17) is 0 Å². The van der Waals surface area contributed by atoms with Crippen molar-refractivity contribution in [1.82, 2.24) is 9.80 Å². The summed E-state index contributed by atoms with van der Waals surface area (Å²) in [6.45, 7) is 6.15. The van der Waals surface area contributed by atoms with Crippen LogP contribution in [0.2, 0.25) is 0 Å². The number of piperidine rings is 1. The third-order valence-electron chi connectivity index (χ3n) is 4.23. The molecule has 0 bridgehead atoms. The number of nitrogens with zero attached hydrogens (tertiary/aromatic N) is 2. The molecule has 0 atom stereocenters. The predicted molar refractivity (Wildman–Crippen MR) is 63.0 cm³/mol. The Hall–Kier alpha value is -0.150. The summed E-state index contributed by atoms with van der Waals surface area (Å²) in [6.07, 6.45) is 7.14. The molecule has 1 saturated heterocycles. The Morgan fingerprint density at radius 2 is 1.60 bits per heavy atom. The highest BCUT2D eigenvalue weighted by atomic mass is 19.0. The van der Waals surface area contributed by atoms with Gasteiger partial charge in [-0.15, -0.1) is 0 Å². The standard InChI is InChI=1S/C12H24N2.FH/c1-3-14-9-7-12(8-10-14)13(2)11-5-4-6-11;/h11-12H,3-10H2,1-2H3;1H. The molecule has 15 heavy (non-hydrogen) atoms. The van der Waals surface area contributed by atoms with Gasteiger partial charge in [0.1, 0.15) is 0 Å². The van der Waals surface area contributed by atoms with Gasteiger partial charge in [-0.25, -0.2) is 0 Å². The van der Waals surface area contributed by atoms with Crippen molar-refractivity contribution in [3.63, 3.8) is 0 Å². The monoisotopic (exact) mass is 216 g/mol. The molecule has 2 fully saturated rings. The molecule has 0 unspecified atom stereocenters. The minimum atomic E-state index is 0. The van der Waals surface area contributed by atoms with E-state index < -0.39 is 0 Å². The summed E-state index contributed by atoms with van der Waals surface area (Å²) in [5.74, 6) is 0. The molecule has 1 aliphatic heterocycles. The van der Waals surface area contributed by atoms with Crippen molar-refractivity contribution in [3.8, 4) is 0 Å². The highest BCUT2D eigenvalue weighted by Crippen LogP contribution is 2.28. The summed E-state index contributed by atoms with van der Waals surface area (Å²) in [7, 11) is 2.34. The Balaban J connectivity index is 0.00000112. The second-order valence-electron chi connectivity index (χ2n) is 4.92. The first-order chi connectivity index (χ1) is 6.81. The molecule has 0 radical (unpaired) electrons. The molecule has 2 aliphatic rings. The Bertz CT molecular complexity index is 174. The molecule has 0 N–H and O–H groups in total. The van der Waals surface area contributed by atoms with Crippen molar-refractivity contribution in [1.29, 1.82) is 0 Å². The second-order valence-corrected chi connectivity index (χ2v) is 4.92. The lowest BCUT2D eigenvalue weighted by Gasteiger charge is -2.43. The van der Waals surface area contributed by atoms with Crippen molar-refractivity contribution in [2.45, 2.75) is 51.1 Å². The average Bonchev–Trinajstić information content (AvgIpc) is 2.15. The van der Waals surface area contributed by atoms with Gasteiger partial charge in [-0.05, 0) is 52.4 Å². The second kappa shape index (κ2) is 5.80. The SMILES string of the molecule is CCN1CCC(N(C)C2CCC2)CC1.F. The van der Waals surface area contributed by atoms with Crippen molar-refractivity contribution in [2.75, 3.05) is 26.7 Å². The lowest BCUT2D eigenvalue weighted by Crippen LogP contribution is -2.49. The van der Waals surface area contributed by atoms with Crippen LogP contribution in [-0.2, 0) is 0 Å². The van der Waals surface area contributed by atoms with E-state index in [0.29, 0.717) is 0 Å². The molecular formula is C12H25FN2. The minimum Gasteiger partial charge on any atom is -0.303 e. The molecular weight excluding hydrogens is 191 g/mol. The van der Waals surface area contributed by atoms with Crippen molar-refractivity contribution in [2.24, 2.45) is 0 Å². The zero-order valence-electron chi connectivity index (χ0n) is 10.1. The Morgan fingerprint density at radius 1 is 1.07 bits per heavy atom. The molecule has 1 saturated carbocycles. The fourth-order valence-corrected chi connectivity index (χ4v) is 2.73. The molecule has 0 aromatic carbocycles. The maximum absolute atomic E-state index is 2.66. The van der Waals surface area contributed by atoms with Crippen LogP contribution in [0.5, 0.6) is 0 Å². The van der Waals surface area contributed by atoms with E-state index in [0.717, 1.165) is 12.1 Å². The first-order valence-electron chi connectivity index (χ1n) is 6.25. The summed E-state index contributed by atoms with van der Waals surface area (Å²) in [4.78, 5) is 5.24. The van der Waals surface area contributed by atoms with Crippen LogP contribution in [-0.4, -0.2) is 48.6 Å². The topological polar surface area (TPSA) is 6.48 Å². The van der Waals surface area contributed by atoms with E-state index in [1.54, 1.807) is 0 Å². The van der Waals surface area contributed by atoms with Crippen LogP contribution < -0.4 is 0 Å². The lowest BCUT2D eigenvalue weighted by molar-refractivity contribution is 0.0650. The van der Waals surface area contributed by atoms with E-state index >= 15 is 0 Å². The minimum absolute atomic E-state index is 0. The third-order valence-corrected chi connectivity index (χ3v) is 4.23. The van der Waals surface area contributed by atoms with Crippen molar-refractivity contribution in [3.05, 3.63) is 0 Å². The van der Waals surface area contributed by atoms with Crippen LogP contribution in [0.1, 0.15) is 39.0 Å². The first-order valence-corrected chi connectivity index (χ1v) is 6.25. The maximum Gasteiger partial charge on any atom is 0.0119 e. The molecule has 1 heterocycles. The van der Waals surface area contributed by atoms with E-state index in [1.165, 1.54) is 51.7 Å². The van der Waals surface area contributed by atoms with Gasteiger partial charge in [0.15, 0.2) is 0 Å². The summed E-state index contributed by atoms with van der Waals surface area (Å²) < 4.78 is 0. The number of hydrogen-bond acceptors (Lipinski definition) is 2.